The van der Waals surface area contributed by atoms with Crippen LogP contribution in [0.1, 0.15) is 0 Å². The molecule has 0 aromatic rings. The maximum Gasteiger partial charge on any atom is 0.316 e. The van der Waals surface area contributed by atoms with Crippen LogP contribution < -0.4 is 0 Å². The molecule has 0 rings (SSSR count). The first-order valence-electron chi connectivity index (χ1n) is 0. The molecule has 0 bridgehead atoms. The van der Waals surface area contributed by atoms with Crippen molar-refractivity contribution in [2.45, 2.75) is 0 Å². The quantitative estimate of drug-likeness (QED) is 0.461. The third-order valence-electron chi connectivity index (χ3n) is 0. The topological polar surface area (TPSA) is 0 Å². The van der Waals surface area contributed by atoms with Gasteiger partial charge in [-0.3, -0.25) is 0 Å². The summed E-state index contributed by atoms with van der Waals surface area (Å²) in [4.78, 5) is 0. The van der Waals surface area contributed by atoms with Gasteiger partial charge in [0.25, 0.3) is 0 Å². The van der Waals surface area contributed by atoms with Gasteiger partial charge in [0.05, 0.1) is 0 Å². The largest absolute Gasteiger partial charge is 0.316 e. The number of hydrogen-bond donors (Lipinski definition) is 0. The molecule has 5 heavy (non-hydrogen) atoms. The van der Waals surface area contributed by atoms with Crippen LogP contribution in [0, 0.1) is 41.7 Å². The Morgan fingerprint density at radius 3 is 0.800 bits per heavy atom. The van der Waals surface area contributed by atoms with Crippen LogP contribution in [-0.4, -0.2) is 46.1 Å². The predicted molar refractivity (Wildman–Crippen MR) is 17.1 cm³/mol. The Morgan fingerprint density at radius 1 is 0.800 bits per heavy atom. The molecule has 1 radical (unpaired) electrons. The van der Waals surface area contributed by atoms with Crippen molar-refractivity contribution in [3.05, 3.63) is 0 Å². The zero-order valence-electron chi connectivity index (χ0n) is 1.59. The summed E-state index contributed by atoms with van der Waals surface area (Å²) in [5.41, 5.74) is 0. The maximum atomic E-state index is 0. The third-order valence-corrected chi connectivity index (χ3v) is 0. The second-order valence-corrected chi connectivity index (χ2v) is 0. The molecule has 0 unspecified atom stereocenters. The van der Waals surface area contributed by atoms with Gasteiger partial charge in [0.15, 0.2) is 0 Å². The third kappa shape index (κ3) is 18.0. The Hall–Kier alpha value is 4.05. The molecule has 0 aliphatic carbocycles. The van der Waals surface area contributed by atoms with Crippen molar-refractivity contribution in [2.24, 2.45) is 0 Å². The van der Waals surface area contributed by atoms with Gasteiger partial charge in [0.1, 0.15) is 0 Å². The van der Waals surface area contributed by atoms with E-state index >= 15 is 0 Å². The van der Waals surface area contributed by atoms with E-state index < -0.39 is 0 Å². The molecule has 5 heteroatoms. The van der Waals surface area contributed by atoms with Crippen molar-refractivity contribution in [1.29, 1.82) is 0 Å². The second kappa shape index (κ2) is 24.4. The minimum atomic E-state index is 0. The summed E-state index contributed by atoms with van der Waals surface area (Å²) in [6, 6.07) is 0. The molecule has 0 heterocycles. The average Bonchev–Trinajstić information content (AvgIpc) is 0. The molecule has 0 fully saturated rings. The predicted octanol–water partition coefficient (Wildman–Crippen LogP) is -1.84. The summed E-state index contributed by atoms with van der Waals surface area (Å²) in [7, 11) is 0. The Labute approximate surface area is 121 Å². The first-order chi connectivity index (χ1) is 0. The van der Waals surface area contributed by atoms with Crippen molar-refractivity contribution in [2.75, 3.05) is 0 Å². The van der Waals surface area contributed by atoms with E-state index in [9.17, 15) is 0 Å². The minimum absolute atomic E-state index is 0. The first-order valence-corrected chi connectivity index (χ1v) is 0. The number of hydrogen-bond acceptors (Lipinski definition) is 0. The van der Waals surface area contributed by atoms with Crippen LogP contribution in [-0.2, 0) is 36.5 Å². The van der Waals surface area contributed by atoms with Crippen LogP contribution in [0.5, 0.6) is 0 Å². The smallest absolute Gasteiger partial charge is 0 e. The molecule has 0 nitrogen and oxygen atoms in total. The normalized spacial score (nSPS) is 0. The Morgan fingerprint density at radius 2 is 0.800 bits per heavy atom. The summed E-state index contributed by atoms with van der Waals surface area (Å²) >= 11 is 0. The van der Waals surface area contributed by atoms with E-state index in [0.29, 0.717) is 0 Å². The van der Waals surface area contributed by atoms with Crippen LogP contribution in [0.3, 0.4) is 0 Å². The molecule has 0 saturated heterocycles. The minimum Gasteiger partial charge on any atom is 0 e. The molecular formula is H4CeMg2MnZn. The van der Waals surface area contributed by atoms with Crippen molar-refractivity contribution < 1.29 is 78.3 Å². The van der Waals surface area contributed by atoms with E-state index in [-0.39, 0.29) is 124 Å². The summed E-state index contributed by atoms with van der Waals surface area (Å²) in [5, 5.41) is 0. The molecule has 0 aliphatic rings. The fourth-order valence-corrected chi connectivity index (χ4v) is 0. The van der Waals surface area contributed by atoms with Gasteiger partial charge in [-0.15, -0.1) is 0 Å². The van der Waals surface area contributed by atoms with Gasteiger partial charge in [-0.05, 0) is 0 Å². The van der Waals surface area contributed by atoms with E-state index in [2.05, 4.69) is 0 Å². The molecular weight excluding hydrogens is 309 g/mol. The monoisotopic (exact) mass is 311 g/mol. The molecule has 0 aliphatic heterocycles. The first kappa shape index (κ1) is 35.7. The summed E-state index contributed by atoms with van der Waals surface area (Å²) < 4.78 is 0. The van der Waals surface area contributed by atoms with Gasteiger partial charge < -0.3 is 0 Å². The van der Waals surface area contributed by atoms with Gasteiger partial charge in [0, 0.05) is 78.3 Å². The molecule has 0 aromatic carbocycles. The Balaban J connectivity index is 0. The summed E-state index contributed by atoms with van der Waals surface area (Å²) in [6.07, 6.45) is 0. The maximum absolute atomic E-state index is 0. The fourth-order valence-electron chi connectivity index (χ4n) is 0. The standard InChI is InChI=1S/Ce.2Mg.Mn.Zn.4H. The zero-order valence-corrected chi connectivity index (χ0v) is 8.87. The average molecular weight is 313 g/mol. The van der Waals surface area contributed by atoms with Gasteiger partial charge >= 0.3 is 46.1 Å². The van der Waals surface area contributed by atoms with Crippen LogP contribution in [0.2, 0.25) is 0 Å². The van der Waals surface area contributed by atoms with Crippen molar-refractivity contribution in [3.8, 4) is 0 Å². The van der Waals surface area contributed by atoms with Crippen molar-refractivity contribution in [1.82, 2.24) is 0 Å². The van der Waals surface area contributed by atoms with Crippen molar-refractivity contribution in [3.63, 3.8) is 0 Å². The van der Waals surface area contributed by atoms with Crippen LogP contribution >= 0.6 is 0 Å². The SMILES string of the molecule is [Ce].[MgH2].[MgH2].[Mn].[Zn]. The zero-order chi connectivity index (χ0) is 0. The van der Waals surface area contributed by atoms with Gasteiger partial charge in [-0.2, -0.15) is 0 Å². The van der Waals surface area contributed by atoms with Crippen LogP contribution in [0.25, 0.3) is 0 Å². The van der Waals surface area contributed by atoms with E-state index in [1.165, 1.54) is 0 Å². The number of rotatable bonds is 0. The van der Waals surface area contributed by atoms with Gasteiger partial charge in [-0.1, -0.05) is 0 Å². The van der Waals surface area contributed by atoms with E-state index in [4.69, 9.17) is 0 Å². The molecule has 0 N–H and O–H groups in total. The molecule has 21 valence electrons. The Kier molecular flexibility index (Phi) is 174. The van der Waals surface area contributed by atoms with E-state index in [0.717, 1.165) is 0 Å². The van der Waals surface area contributed by atoms with Crippen molar-refractivity contribution >= 4 is 46.1 Å². The van der Waals surface area contributed by atoms with Crippen LogP contribution in [0.4, 0.5) is 0 Å². The fraction of sp³-hybridized carbons (Fsp3) is 0. The summed E-state index contributed by atoms with van der Waals surface area (Å²) in [5.74, 6) is 0. The molecule has 0 amide bonds. The molecule has 0 saturated carbocycles. The molecule has 0 atom stereocenters. The molecule has 0 spiro atoms. The Bertz CT molecular complexity index is 9.61. The van der Waals surface area contributed by atoms with Gasteiger partial charge in [0.2, 0.25) is 0 Å². The van der Waals surface area contributed by atoms with E-state index in [1.807, 2.05) is 0 Å². The summed E-state index contributed by atoms with van der Waals surface area (Å²) in [6.45, 7) is 0. The van der Waals surface area contributed by atoms with Gasteiger partial charge in [-0.25, -0.2) is 0 Å². The van der Waals surface area contributed by atoms with E-state index in [1.54, 1.807) is 0 Å². The van der Waals surface area contributed by atoms with Crippen LogP contribution in [0.15, 0.2) is 0 Å². The second-order valence-electron chi connectivity index (χ2n) is 0. The molecule has 0 aromatic heterocycles.